The van der Waals surface area contributed by atoms with Gasteiger partial charge in [-0.05, 0) is 56.2 Å². The van der Waals surface area contributed by atoms with Crippen molar-refractivity contribution in [1.82, 2.24) is 10.6 Å². The number of carbonyl (C=O) groups is 3. The Balaban J connectivity index is 0.000000323. The molecule has 2 fully saturated rings. The molecule has 2 saturated carbocycles. The third-order valence-corrected chi connectivity index (χ3v) is 8.02. The van der Waals surface area contributed by atoms with Gasteiger partial charge in [0.05, 0.1) is 13.0 Å². The topological polar surface area (TPSA) is 114 Å². The van der Waals surface area contributed by atoms with E-state index in [0.717, 1.165) is 35.2 Å². The highest BCUT2D eigenvalue weighted by atomic mass is 32.2. The van der Waals surface area contributed by atoms with E-state index >= 15 is 0 Å². The molecule has 1 atom stereocenters. The van der Waals surface area contributed by atoms with Crippen LogP contribution in [0.4, 0.5) is 4.79 Å². The zero-order chi connectivity index (χ0) is 27.6. The maximum atomic E-state index is 11.6. The molecule has 8 nitrogen and oxygen atoms in total. The molecular weight excluding hydrogens is 504 g/mol. The van der Waals surface area contributed by atoms with Crippen molar-refractivity contribution in [3.05, 3.63) is 29.8 Å². The molecule has 214 valence electrons. The average Bonchev–Trinajstić information content (AvgIpc) is 2.93. The molecule has 1 unspecified atom stereocenters. The van der Waals surface area contributed by atoms with Crippen LogP contribution in [0.15, 0.2) is 24.3 Å². The number of carbonyl (C=O) groups excluding carboxylic acids is 2. The minimum atomic E-state index is -0.934. The summed E-state index contributed by atoms with van der Waals surface area (Å²) in [5, 5.41) is 15.4. The van der Waals surface area contributed by atoms with Crippen LogP contribution in [-0.4, -0.2) is 53.8 Å². The molecule has 1 aromatic carbocycles. The number of carboxylic acid groups (broad SMARTS) is 1. The van der Waals surface area contributed by atoms with Gasteiger partial charge in [0.2, 0.25) is 0 Å². The smallest absolute Gasteiger partial charge is 0.407 e. The first-order chi connectivity index (χ1) is 18.4. The van der Waals surface area contributed by atoms with Crippen LogP contribution in [0.25, 0.3) is 0 Å². The lowest BCUT2D eigenvalue weighted by molar-refractivity contribution is -0.141. The van der Waals surface area contributed by atoms with Gasteiger partial charge in [-0.1, -0.05) is 62.4 Å². The summed E-state index contributed by atoms with van der Waals surface area (Å²) in [4.78, 5) is 33.6. The molecule has 0 aromatic heterocycles. The van der Waals surface area contributed by atoms with Gasteiger partial charge in [0, 0.05) is 31.3 Å². The van der Waals surface area contributed by atoms with Crippen molar-refractivity contribution in [2.45, 2.75) is 103 Å². The molecule has 9 heteroatoms. The van der Waals surface area contributed by atoms with Crippen molar-refractivity contribution >= 4 is 28.9 Å². The molecule has 2 aliphatic rings. The third kappa shape index (κ3) is 14.0. The lowest BCUT2D eigenvalue weighted by atomic mass is 9.91. The number of methoxy groups -OCH3 is 1. The van der Waals surface area contributed by atoms with E-state index in [1.165, 1.54) is 71.1 Å². The highest BCUT2D eigenvalue weighted by molar-refractivity contribution is 8.13. The summed E-state index contributed by atoms with van der Waals surface area (Å²) >= 11 is 1.000. The number of rotatable bonds is 12. The number of hydrogen-bond donors (Lipinski definition) is 3. The number of thioether (sulfide) groups is 1. The van der Waals surface area contributed by atoms with Gasteiger partial charge in [0.25, 0.3) is 0 Å². The lowest BCUT2D eigenvalue weighted by Crippen LogP contribution is -2.40. The SMILES string of the molecule is C1CCC(NC2CCCCC2)CC1.COc1ccc(COC(=O)NCCCC(CSC(C)=O)C(=O)O)cc1. The zero-order valence-electron chi connectivity index (χ0n) is 23.0. The number of benzene rings is 1. The van der Waals surface area contributed by atoms with Gasteiger partial charge in [0.1, 0.15) is 12.4 Å². The number of hydrogen-bond acceptors (Lipinski definition) is 7. The van der Waals surface area contributed by atoms with Crippen LogP contribution in [0, 0.1) is 5.92 Å². The zero-order valence-corrected chi connectivity index (χ0v) is 23.9. The quantitative estimate of drug-likeness (QED) is 0.275. The number of nitrogens with one attached hydrogen (secondary N) is 2. The van der Waals surface area contributed by atoms with Gasteiger partial charge in [-0.3, -0.25) is 9.59 Å². The molecule has 0 radical (unpaired) electrons. The summed E-state index contributed by atoms with van der Waals surface area (Å²) in [7, 11) is 1.58. The van der Waals surface area contributed by atoms with Crippen LogP contribution in [0.1, 0.15) is 89.5 Å². The third-order valence-electron chi connectivity index (χ3n) is 7.05. The summed E-state index contributed by atoms with van der Waals surface area (Å²) in [5.74, 6) is -0.571. The fourth-order valence-corrected chi connectivity index (χ4v) is 5.57. The first-order valence-corrected chi connectivity index (χ1v) is 15.0. The van der Waals surface area contributed by atoms with E-state index < -0.39 is 18.0 Å². The van der Waals surface area contributed by atoms with Crippen LogP contribution in [0.5, 0.6) is 5.75 Å². The Morgan fingerprint density at radius 3 is 2.05 bits per heavy atom. The van der Waals surface area contributed by atoms with Crippen molar-refractivity contribution in [3.63, 3.8) is 0 Å². The Labute approximate surface area is 232 Å². The van der Waals surface area contributed by atoms with E-state index in [2.05, 4.69) is 10.6 Å². The molecule has 0 bridgehead atoms. The second-order valence-corrected chi connectivity index (χ2v) is 11.4. The Hall–Kier alpha value is -2.26. The van der Waals surface area contributed by atoms with Crippen LogP contribution in [0.2, 0.25) is 0 Å². The molecule has 3 N–H and O–H groups in total. The van der Waals surface area contributed by atoms with E-state index in [4.69, 9.17) is 14.6 Å². The molecular formula is C29H46N2O6S. The van der Waals surface area contributed by atoms with E-state index in [-0.39, 0.29) is 17.5 Å². The van der Waals surface area contributed by atoms with Crippen molar-refractivity contribution in [2.75, 3.05) is 19.4 Å². The monoisotopic (exact) mass is 550 g/mol. The summed E-state index contributed by atoms with van der Waals surface area (Å²) in [6.07, 6.45) is 14.9. The Bertz CT molecular complexity index is 807. The summed E-state index contributed by atoms with van der Waals surface area (Å²) in [5.41, 5.74) is 0.836. The fraction of sp³-hybridized carbons (Fsp3) is 0.690. The summed E-state index contributed by atoms with van der Waals surface area (Å²) in [6.45, 7) is 1.86. The van der Waals surface area contributed by atoms with Gasteiger partial charge < -0.3 is 25.2 Å². The largest absolute Gasteiger partial charge is 0.497 e. The van der Waals surface area contributed by atoms with Crippen LogP contribution >= 0.6 is 11.8 Å². The minimum Gasteiger partial charge on any atom is -0.497 e. The minimum absolute atomic E-state index is 0.105. The second-order valence-electron chi connectivity index (χ2n) is 10.2. The number of ether oxygens (including phenoxy) is 2. The van der Waals surface area contributed by atoms with Gasteiger partial charge in [-0.2, -0.15) is 0 Å². The van der Waals surface area contributed by atoms with Crippen molar-refractivity contribution in [1.29, 1.82) is 0 Å². The highest BCUT2D eigenvalue weighted by Gasteiger charge is 2.19. The average molecular weight is 551 g/mol. The Morgan fingerprint density at radius 2 is 1.55 bits per heavy atom. The van der Waals surface area contributed by atoms with Crippen LogP contribution in [-0.2, 0) is 20.9 Å². The molecule has 38 heavy (non-hydrogen) atoms. The van der Waals surface area contributed by atoms with Crippen molar-refractivity contribution < 1.29 is 29.0 Å². The van der Waals surface area contributed by atoms with Crippen molar-refractivity contribution in [3.8, 4) is 5.75 Å². The predicted molar refractivity (Wildman–Crippen MR) is 152 cm³/mol. The first kappa shape index (κ1) is 32.0. The standard InChI is InChI=1S/C17H23NO6S.C12H23N/c1-12(19)25-11-14(16(20)21)4-3-9-18-17(22)24-10-13-5-7-15(23-2)8-6-13;1-3-7-11(8-4-1)13-12-9-5-2-6-10-12/h5-8,14H,3-4,9-11H2,1-2H3,(H,18,22)(H,20,21);11-13H,1-10H2. The summed E-state index contributed by atoms with van der Waals surface area (Å²) in [6, 6.07) is 8.91. The number of carboxylic acids is 1. The number of aliphatic carboxylic acids is 1. The van der Waals surface area contributed by atoms with Gasteiger partial charge in [0.15, 0.2) is 5.12 Å². The predicted octanol–water partition coefficient (Wildman–Crippen LogP) is 5.92. The summed E-state index contributed by atoms with van der Waals surface area (Å²) < 4.78 is 10.1. The van der Waals surface area contributed by atoms with Gasteiger partial charge >= 0.3 is 12.1 Å². The number of amides is 1. The Morgan fingerprint density at radius 1 is 0.974 bits per heavy atom. The highest BCUT2D eigenvalue weighted by Crippen LogP contribution is 2.22. The molecule has 3 rings (SSSR count). The number of alkyl carbamates (subject to hydrolysis) is 1. The molecule has 0 spiro atoms. The van der Waals surface area contributed by atoms with Gasteiger partial charge in [-0.25, -0.2) is 4.79 Å². The molecule has 0 saturated heterocycles. The molecule has 0 heterocycles. The molecule has 0 aliphatic heterocycles. The lowest BCUT2D eigenvalue weighted by Gasteiger charge is -2.30. The normalized spacial score (nSPS) is 17.0. The van der Waals surface area contributed by atoms with Gasteiger partial charge in [-0.15, -0.1) is 0 Å². The van der Waals surface area contributed by atoms with E-state index in [0.29, 0.717) is 19.4 Å². The van der Waals surface area contributed by atoms with E-state index in [1.54, 1.807) is 31.4 Å². The fourth-order valence-electron chi connectivity index (χ4n) is 4.83. The maximum Gasteiger partial charge on any atom is 0.407 e. The molecule has 1 aromatic rings. The first-order valence-electron chi connectivity index (χ1n) is 14.0. The molecule has 1 amide bonds. The van der Waals surface area contributed by atoms with E-state index in [9.17, 15) is 14.4 Å². The second kappa shape index (κ2) is 18.9. The van der Waals surface area contributed by atoms with Crippen LogP contribution in [0.3, 0.4) is 0 Å². The maximum absolute atomic E-state index is 11.6. The van der Waals surface area contributed by atoms with E-state index in [1.807, 2.05) is 0 Å². The van der Waals surface area contributed by atoms with Crippen LogP contribution < -0.4 is 15.4 Å². The van der Waals surface area contributed by atoms with Crippen molar-refractivity contribution in [2.24, 2.45) is 5.92 Å². The molecule has 2 aliphatic carbocycles. The Kier molecular flexibility index (Phi) is 15.9.